The number of amides is 1. The number of thiazole rings is 1. The van der Waals surface area contributed by atoms with Gasteiger partial charge in [0, 0.05) is 11.9 Å². The van der Waals surface area contributed by atoms with Gasteiger partial charge < -0.3 is 10.1 Å². The van der Waals surface area contributed by atoms with Crippen molar-refractivity contribution in [1.29, 1.82) is 0 Å². The van der Waals surface area contributed by atoms with E-state index in [0.717, 1.165) is 5.56 Å². The van der Waals surface area contributed by atoms with E-state index in [4.69, 9.17) is 6.42 Å². The predicted molar refractivity (Wildman–Crippen MR) is 83.9 cm³/mol. The van der Waals surface area contributed by atoms with Crippen LogP contribution in [-0.4, -0.2) is 30.5 Å². The van der Waals surface area contributed by atoms with E-state index in [9.17, 15) is 9.59 Å². The molecule has 0 atom stereocenters. The van der Waals surface area contributed by atoms with Crippen molar-refractivity contribution >= 4 is 23.2 Å². The highest BCUT2D eigenvalue weighted by molar-refractivity contribution is 7.10. The number of aromatic nitrogens is 1. The third kappa shape index (κ3) is 3.93. The van der Waals surface area contributed by atoms with E-state index in [1.807, 2.05) is 12.1 Å². The first-order valence-corrected chi connectivity index (χ1v) is 7.39. The fraction of sp³-hybridized carbons (Fsp3) is 0.188. The van der Waals surface area contributed by atoms with Gasteiger partial charge in [0.1, 0.15) is 5.69 Å². The van der Waals surface area contributed by atoms with Crippen molar-refractivity contribution in [3.05, 3.63) is 51.5 Å². The van der Waals surface area contributed by atoms with Crippen LogP contribution in [0, 0.1) is 12.3 Å². The zero-order chi connectivity index (χ0) is 15.9. The van der Waals surface area contributed by atoms with Crippen molar-refractivity contribution in [3.63, 3.8) is 0 Å². The summed E-state index contributed by atoms with van der Waals surface area (Å²) in [4.78, 5) is 27.2. The predicted octanol–water partition coefficient (Wildman–Crippen LogP) is 1.88. The second-order valence-electron chi connectivity index (χ2n) is 4.38. The van der Waals surface area contributed by atoms with E-state index in [2.05, 4.69) is 21.0 Å². The van der Waals surface area contributed by atoms with Crippen LogP contribution in [0.5, 0.6) is 0 Å². The summed E-state index contributed by atoms with van der Waals surface area (Å²) >= 11 is 1.26. The molecule has 1 N–H and O–H groups in total. The van der Waals surface area contributed by atoms with Gasteiger partial charge in [-0.15, -0.1) is 17.8 Å². The molecule has 0 radical (unpaired) electrons. The number of carbonyl (C=O) groups is 2. The van der Waals surface area contributed by atoms with Crippen LogP contribution in [0.1, 0.15) is 31.4 Å². The third-order valence-electron chi connectivity index (χ3n) is 2.93. The maximum atomic E-state index is 11.8. The number of hydrogen-bond acceptors (Lipinski definition) is 5. The Hall–Kier alpha value is -2.65. The Bertz CT molecular complexity index is 714. The molecule has 0 saturated heterocycles. The summed E-state index contributed by atoms with van der Waals surface area (Å²) in [6, 6.07) is 7.06. The lowest BCUT2D eigenvalue weighted by atomic mass is 10.1. The highest BCUT2D eigenvalue weighted by Crippen LogP contribution is 2.08. The maximum Gasteiger partial charge on any atom is 0.337 e. The standard InChI is InChI=1S/C16H14N2O3S/c1-3-14-18-13(10-22-14)15(19)17-9-8-11-4-6-12(7-5-11)16(20)21-2/h1,4-7,10H,8-9H2,2H3,(H,17,19). The van der Waals surface area contributed by atoms with E-state index in [1.54, 1.807) is 17.5 Å². The Morgan fingerprint density at radius 1 is 1.36 bits per heavy atom. The number of rotatable bonds is 5. The van der Waals surface area contributed by atoms with Crippen molar-refractivity contribution in [2.75, 3.05) is 13.7 Å². The Morgan fingerprint density at radius 2 is 2.09 bits per heavy atom. The van der Waals surface area contributed by atoms with Gasteiger partial charge in [-0.3, -0.25) is 4.79 Å². The summed E-state index contributed by atoms with van der Waals surface area (Å²) in [7, 11) is 1.34. The maximum absolute atomic E-state index is 11.8. The van der Waals surface area contributed by atoms with Gasteiger partial charge in [-0.25, -0.2) is 9.78 Å². The van der Waals surface area contributed by atoms with Crippen molar-refractivity contribution in [2.45, 2.75) is 6.42 Å². The topological polar surface area (TPSA) is 68.3 Å². The number of methoxy groups -OCH3 is 1. The summed E-state index contributed by atoms with van der Waals surface area (Å²) < 4.78 is 4.63. The molecule has 2 aromatic rings. The van der Waals surface area contributed by atoms with Crippen LogP contribution >= 0.6 is 11.3 Å². The summed E-state index contributed by atoms with van der Waals surface area (Å²) in [6.07, 6.45) is 5.87. The summed E-state index contributed by atoms with van der Waals surface area (Å²) in [5.41, 5.74) is 1.84. The second-order valence-corrected chi connectivity index (χ2v) is 5.23. The Balaban J connectivity index is 1.84. The third-order valence-corrected chi connectivity index (χ3v) is 3.71. The van der Waals surface area contributed by atoms with Crippen LogP contribution in [0.4, 0.5) is 0 Å². The molecule has 1 aromatic carbocycles. The molecule has 0 aliphatic carbocycles. The molecule has 6 heteroatoms. The quantitative estimate of drug-likeness (QED) is 0.676. The molecule has 0 aliphatic rings. The minimum absolute atomic E-state index is 0.246. The minimum Gasteiger partial charge on any atom is -0.465 e. The first-order valence-electron chi connectivity index (χ1n) is 6.51. The average molecular weight is 314 g/mol. The summed E-state index contributed by atoms with van der Waals surface area (Å²) in [5.74, 6) is 1.78. The normalized spacial score (nSPS) is 9.82. The monoisotopic (exact) mass is 314 g/mol. The Kier molecular flexibility index (Phi) is 5.28. The highest BCUT2D eigenvalue weighted by Gasteiger charge is 2.09. The first-order chi connectivity index (χ1) is 10.6. The van der Waals surface area contributed by atoms with Crippen molar-refractivity contribution in [2.24, 2.45) is 0 Å². The fourth-order valence-corrected chi connectivity index (χ4v) is 2.38. The molecule has 0 unspecified atom stereocenters. The average Bonchev–Trinajstić information content (AvgIpc) is 3.04. The van der Waals surface area contributed by atoms with Crippen LogP contribution in [0.3, 0.4) is 0 Å². The van der Waals surface area contributed by atoms with Gasteiger partial charge in [-0.2, -0.15) is 0 Å². The first kappa shape index (κ1) is 15.7. The molecule has 1 heterocycles. The van der Waals surface area contributed by atoms with Gasteiger partial charge in [0.05, 0.1) is 12.7 Å². The number of esters is 1. The van der Waals surface area contributed by atoms with E-state index < -0.39 is 0 Å². The van der Waals surface area contributed by atoms with Crippen LogP contribution in [-0.2, 0) is 11.2 Å². The fourth-order valence-electron chi connectivity index (χ4n) is 1.78. The van der Waals surface area contributed by atoms with Crippen molar-refractivity contribution in [3.8, 4) is 12.3 Å². The number of hydrogen-bond donors (Lipinski definition) is 1. The number of nitrogens with zero attached hydrogens (tertiary/aromatic N) is 1. The Labute approximate surface area is 132 Å². The number of nitrogens with one attached hydrogen (secondary N) is 1. The summed E-state index contributed by atoms with van der Waals surface area (Å²) in [5, 5.41) is 4.90. The van der Waals surface area contributed by atoms with E-state index in [0.29, 0.717) is 29.2 Å². The van der Waals surface area contributed by atoms with Gasteiger partial charge in [0.25, 0.3) is 5.91 Å². The van der Waals surface area contributed by atoms with Crippen molar-refractivity contribution in [1.82, 2.24) is 10.3 Å². The van der Waals surface area contributed by atoms with Gasteiger partial charge in [-0.1, -0.05) is 12.1 Å². The van der Waals surface area contributed by atoms with E-state index >= 15 is 0 Å². The molecule has 112 valence electrons. The van der Waals surface area contributed by atoms with Gasteiger partial charge in [-0.05, 0) is 30.0 Å². The zero-order valence-electron chi connectivity index (χ0n) is 12.0. The molecule has 0 bridgehead atoms. The largest absolute Gasteiger partial charge is 0.465 e. The summed E-state index contributed by atoms with van der Waals surface area (Å²) in [6.45, 7) is 0.472. The lowest BCUT2D eigenvalue weighted by Crippen LogP contribution is -2.26. The number of terminal acetylenes is 1. The van der Waals surface area contributed by atoms with Gasteiger partial charge >= 0.3 is 5.97 Å². The van der Waals surface area contributed by atoms with Crippen LogP contribution in [0.2, 0.25) is 0 Å². The van der Waals surface area contributed by atoms with Crippen molar-refractivity contribution < 1.29 is 14.3 Å². The zero-order valence-corrected chi connectivity index (χ0v) is 12.8. The molecule has 1 amide bonds. The lowest BCUT2D eigenvalue weighted by molar-refractivity contribution is 0.0600. The Morgan fingerprint density at radius 3 is 2.68 bits per heavy atom. The molecule has 5 nitrogen and oxygen atoms in total. The highest BCUT2D eigenvalue weighted by atomic mass is 32.1. The van der Waals surface area contributed by atoms with Crippen LogP contribution < -0.4 is 5.32 Å². The molecule has 0 aliphatic heterocycles. The smallest absolute Gasteiger partial charge is 0.337 e. The number of benzene rings is 1. The molecule has 0 saturated carbocycles. The molecule has 0 fully saturated rings. The molecule has 22 heavy (non-hydrogen) atoms. The van der Waals surface area contributed by atoms with Gasteiger partial charge in [0.2, 0.25) is 0 Å². The molecule has 0 spiro atoms. The second kappa shape index (κ2) is 7.38. The van der Waals surface area contributed by atoms with E-state index in [1.165, 1.54) is 18.4 Å². The number of carbonyl (C=O) groups excluding carboxylic acids is 2. The lowest BCUT2D eigenvalue weighted by Gasteiger charge is -2.05. The molecule has 1 aromatic heterocycles. The molecular weight excluding hydrogens is 300 g/mol. The van der Waals surface area contributed by atoms with Crippen LogP contribution in [0.15, 0.2) is 29.6 Å². The SMILES string of the molecule is C#Cc1nc(C(=O)NCCc2ccc(C(=O)OC)cc2)cs1. The van der Waals surface area contributed by atoms with E-state index in [-0.39, 0.29) is 11.9 Å². The van der Waals surface area contributed by atoms with Crippen LogP contribution in [0.25, 0.3) is 0 Å². The van der Waals surface area contributed by atoms with Gasteiger partial charge in [0.15, 0.2) is 5.01 Å². The number of ether oxygens (including phenoxy) is 1. The molecule has 2 rings (SSSR count). The minimum atomic E-state index is -0.368. The molecular formula is C16H14N2O3S.